The summed E-state index contributed by atoms with van der Waals surface area (Å²) in [7, 11) is 2.80. The molecule has 9 nitrogen and oxygen atoms in total. The van der Waals surface area contributed by atoms with Crippen molar-refractivity contribution in [2.75, 3.05) is 14.2 Å². The van der Waals surface area contributed by atoms with Crippen LogP contribution in [0.4, 0.5) is 10.5 Å². The summed E-state index contributed by atoms with van der Waals surface area (Å²) in [6, 6.07) is 18.2. The molecule has 0 saturated carbocycles. The highest BCUT2D eigenvalue weighted by Gasteiger charge is 2.30. The number of thiazole rings is 1. The molecule has 0 aliphatic rings. The molecule has 4 aromatic rings. The number of methoxy groups -OCH3 is 1. The molecule has 0 saturated heterocycles. The number of carbonyl (C=O) groups is 2. The van der Waals surface area contributed by atoms with E-state index in [4.69, 9.17) is 9.72 Å². The molecule has 2 atom stereocenters. The van der Waals surface area contributed by atoms with Crippen LogP contribution >= 0.6 is 22.7 Å². The lowest BCUT2D eigenvalue weighted by Crippen LogP contribution is -2.50. The Labute approximate surface area is 227 Å². The van der Waals surface area contributed by atoms with Gasteiger partial charge in [-0.05, 0) is 29.0 Å². The first-order valence-corrected chi connectivity index (χ1v) is 13.5. The zero-order valence-corrected chi connectivity index (χ0v) is 22.4. The molecule has 0 bridgehead atoms. The van der Waals surface area contributed by atoms with Gasteiger partial charge in [-0.15, -0.1) is 22.7 Å². The van der Waals surface area contributed by atoms with Crippen LogP contribution in [0.1, 0.15) is 22.9 Å². The Balaban J connectivity index is 1.63. The number of non-ortho nitro benzene ring substituents is 1. The molecule has 1 unspecified atom stereocenters. The normalized spacial score (nSPS) is 12.4. The number of ether oxygens (including phenoxy) is 1. The fraction of sp³-hybridized carbons (Fsp3) is 0.222. The molecule has 0 aliphatic carbocycles. The highest BCUT2D eigenvalue weighted by atomic mass is 32.1. The van der Waals surface area contributed by atoms with Crippen molar-refractivity contribution in [2.45, 2.75) is 24.9 Å². The number of likely N-dealkylation sites (N-methyl/N-ethyl adjacent to an activating group) is 1. The molecule has 0 radical (unpaired) electrons. The van der Waals surface area contributed by atoms with E-state index in [-0.39, 0.29) is 11.6 Å². The number of hydrogen-bond donors (Lipinski definition) is 1. The molecule has 2 aromatic heterocycles. The van der Waals surface area contributed by atoms with E-state index in [1.54, 1.807) is 23.5 Å². The van der Waals surface area contributed by atoms with Gasteiger partial charge in [-0.25, -0.2) is 9.78 Å². The third kappa shape index (κ3) is 6.61. The van der Waals surface area contributed by atoms with Crippen molar-refractivity contribution in [1.82, 2.24) is 15.2 Å². The first-order valence-electron chi connectivity index (χ1n) is 11.7. The predicted molar refractivity (Wildman–Crippen MR) is 147 cm³/mol. The smallest absolute Gasteiger partial charge is 0.409 e. The summed E-state index contributed by atoms with van der Waals surface area (Å²) < 4.78 is 4.88. The lowest BCUT2D eigenvalue weighted by molar-refractivity contribution is -0.384. The van der Waals surface area contributed by atoms with Gasteiger partial charge in [0.2, 0.25) is 5.91 Å². The number of nitrogens with zero attached hydrogens (tertiary/aromatic N) is 3. The minimum atomic E-state index is -0.834. The lowest BCUT2D eigenvalue weighted by Gasteiger charge is -2.28. The maximum absolute atomic E-state index is 13.7. The minimum Gasteiger partial charge on any atom is -0.453 e. The van der Waals surface area contributed by atoms with Crippen molar-refractivity contribution < 1.29 is 19.2 Å². The fourth-order valence-electron chi connectivity index (χ4n) is 3.96. The van der Waals surface area contributed by atoms with E-state index in [9.17, 15) is 19.7 Å². The van der Waals surface area contributed by atoms with Gasteiger partial charge in [-0.1, -0.05) is 48.5 Å². The van der Waals surface area contributed by atoms with Gasteiger partial charge in [0.25, 0.3) is 5.69 Å². The van der Waals surface area contributed by atoms with E-state index >= 15 is 0 Å². The van der Waals surface area contributed by atoms with E-state index in [2.05, 4.69) is 5.32 Å². The number of hydrogen-bond acceptors (Lipinski definition) is 8. The number of nitro groups is 1. The third-order valence-electron chi connectivity index (χ3n) is 6.02. The maximum atomic E-state index is 13.7. The summed E-state index contributed by atoms with van der Waals surface area (Å²) in [6.45, 7) is 0. The molecule has 38 heavy (non-hydrogen) atoms. The summed E-state index contributed by atoms with van der Waals surface area (Å²) in [5, 5.41) is 18.9. The second kappa shape index (κ2) is 12.4. The molecule has 196 valence electrons. The third-order valence-corrected chi connectivity index (χ3v) is 7.92. The van der Waals surface area contributed by atoms with Gasteiger partial charge in [-0.3, -0.25) is 19.8 Å². The van der Waals surface area contributed by atoms with Crippen LogP contribution in [-0.4, -0.2) is 47.0 Å². The largest absolute Gasteiger partial charge is 0.453 e. The van der Waals surface area contributed by atoms with E-state index in [0.717, 1.165) is 21.0 Å². The van der Waals surface area contributed by atoms with Crippen molar-refractivity contribution in [3.63, 3.8) is 0 Å². The standard InChI is InChI=1S/C27H26N4O5S2/c1-30(27(33)36-2)23(16-18-7-4-3-5-8-18)25(32)28-21(15-19-10-12-20(13-11-19)31(34)35)22-17-38-26(29-22)24-9-6-14-37-24/h3-14,17,21,23H,15-16H2,1-2H3,(H,28,32)/t21-,23?/m0/s1. The van der Waals surface area contributed by atoms with E-state index in [1.165, 1.54) is 42.5 Å². The zero-order valence-electron chi connectivity index (χ0n) is 20.8. The average Bonchev–Trinajstić information content (AvgIpc) is 3.64. The summed E-state index contributed by atoms with van der Waals surface area (Å²) in [4.78, 5) is 43.8. The van der Waals surface area contributed by atoms with Gasteiger partial charge >= 0.3 is 6.09 Å². The average molecular weight is 551 g/mol. The Kier molecular flexibility index (Phi) is 8.82. The monoisotopic (exact) mass is 550 g/mol. The molecule has 0 spiro atoms. The molecule has 4 rings (SSSR count). The first kappa shape index (κ1) is 27.0. The molecular weight excluding hydrogens is 524 g/mol. The molecule has 2 aromatic carbocycles. The minimum absolute atomic E-state index is 0.00870. The molecular formula is C27H26N4O5S2. The van der Waals surface area contributed by atoms with Crippen LogP contribution in [-0.2, 0) is 22.4 Å². The van der Waals surface area contributed by atoms with Gasteiger partial charge < -0.3 is 10.1 Å². The Morgan fingerprint density at radius 3 is 2.37 bits per heavy atom. The van der Waals surface area contributed by atoms with Crippen LogP contribution in [0.15, 0.2) is 77.5 Å². The van der Waals surface area contributed by atoms with E-state index in [1.807, 2.05) is 53.2 Å². The van der Waals surface area contributed by atoms with Crippen molar-refractivity contribution in [2.24, 2.45) is 0 Å². The lowest BCUT2D eigenvalue weighted by atomic mass is 10.0. The van der Waals surface area contributed by atoms with Gasteiger partial charge in [0.15, 0.2) is 0 Å². The quantitative estimate of drug-likeness (QED) is 0.206. The van der Waals surface area contributed by atoms with Crippen molar-refractivity contribution >= 4 is 40.4 Å². The molecule has 2 heterocycles. The number of thiophene rings is 1. The number of aromatic nitrogens is 1. The number of rotatable bonds is 10. The summed E-state index contributed by atoms with van der Waals surface area (Å²) in [5.74, 6) is -0.362. The van der Waals surface area contributed by atoms with Crippen LogP contribution in [0.2, 0.25) is 0 Å². The number of nitrogens with one attached hydrogen (secondary N) is 1. The highest BCUT2D eigenvalue weighted by molar-refractivity contribution is 7.20. The summed E-state index contributed by atoms with van der Waals surface area (Å²) in [5.41, 5.74) is 2.35. The molecule has 0 aliphatic heterocycles. The Hall–Kier alpha value is -4.09. The van der Waals surface area contributed by atoms with Crippen LogP contribution in [0.25, 0.3) is 9.88 Å². The summed E-state index contributed by atoms with van der Waals surface area (Å²) >= 11 is 3.06. The Morgan fingerprint density at radius 2 is 1.74 bits per heavy atom. The fourth-order valence-corrected chi connectivity index (χ4v) is 5.65. The van der Waals surface area contributed by atoms with Crippen LogP contribution in [0.3, 0.4) is 0 Å². The zero-order chi connectivity index (χ0) is 27.1. The van der Waals surface area contributed by atoms with Gasteiger partial charge in [-0.2, -0.15) is 0 Å². The van der Waals surface area contributed by atoms with Crippen LogP contribution in [0, 0.1) is 10.1 Å². The molecule has 1 N–H and O–H groups in total. The predicted octanol–water partition coefficient (Wildman–Crippen LogP) is 5.49. The second-order valence-electron chi connectivity index (χ2n) is 8.53. The number of nitro benzene ring substituents is 1. The SMILES string of the molecule is COC(=O)N(C)C(Cc1ccccc1)C(=O)N[C@@H](Cc1ccc([N+](=O)[O-])cc1)c1csc(-c2cccs2)n1. The van der Waals surface area contributed by atoms with Crippen molar-refractivity contribution in [3.05, 3.63) is 104 Å². The van der Waals surface area contributed by atoms with Gasteiger partial charge in [0.05, 0.1) is 28.6 Å². The van der Waals surface area contributed by atoms with Crippen LogP contribution < -0.4 is 5.32 Å². The van der Waals surface area contributed by atoms with Crippen molar-refractivity contribution in [3.8, 4) is 9.88 Å². The molecule has 0 fully saturated rings. The van der Waals surface area contributed by atoms with Gasteiger partial charge in [0.1, 0.15) is 11.0 Å². The van der Waals surface area contributed by atoms with Crippen LogP contribution in [0.5, 0.6) is 0 Å². The Morgan fingerprint density at radius 1 is 1.03 bits per heavy atom. The molecule has 11 heteroatoms. The number of carbonyl (C=O) groups excluding carboxylic acids is 2. The second-order valence-corrected chi connectivity index (χ2v) is 10.3. The number of benzene rings is 2. The first-order chi connectivity index (χ1) is 18.4. The van der Waals surface area contributed by atoms with Gasteiger partial charge in [0, 0.05) is 31.0 Å². The Bertz CT molecular complexity index is 1370. The maximum Gasteiger partial charge on any atom is 0.409 e. The topological polar surface area (TPSA) is 115 Å². The van der Waals surface area contributed by atoms with E-state index in [0.29, 0.717) is 18.5 Å². The number of amides is 2. The highest BCUT2D eigenvalue weighted by Crippen LogP contribution is 2.31. The molecule has 2 amide bonds. The summed E-state index contributed by atoms with van der Waals surface area (Å²) in [6.07, 6.45) is 0.0267. The van der Waals surface area contributed by atoms with Crippen molar-refractivity contribution in [1.29, 1.82) is 0 Å². The van der Waals surface area contributed by atoms with E-state index < -0.39 is 23.1 Å².